The fraction of sp³-hybridized carbons (Fsp3) is 0.385. The third-order valence-electron chi connectivity index (χ3n) is 3.22. The first-order chi connectivity index (χ1) is 9.04. The zero-order valence-corrected chi connectivity index (χ0v) is 12.0. The third kappa shape index (κ3) is 2.66. The molecule has 0 saturated carbocycles. The van der Waals surface area contributed by atoms with E-state index in [1.54, 1.807) is 4.68 Å². The fourth-order valence-electron chi connectivity index (χ4n) is 1.93. The lowest BCUT2D eigenvalue weighted by molar-refractivity contribution is 0.0939. The van der Waals surface area contributed by atoms with Gasteiger partial charge in [-0.2, -0.15) is 5.10 Å². The van der Waals surface area contributed by atoms with E-state index in [0.717, 1.165) is 11.4 Å². The van der Waals surface area contributed by atoms with E-state index in [2.05, 4.69) is 10.4 Å². The second-order valence-electron chi connectivity index (χ2n) is 4.36. The number of carbonyl (C=O) groups excluding carboxylic acids is 1. The van der Waals surface area contributed by atoms with Gasteiger partial charge in [0.1, 0.15) is 5.69 Å². The first-order valence-corrected chi connectivity index (χ1v) is 6.53. The van der Waals surface area contributed by atoms with Gasteiger partial charge in [0, 0.05) is 25.0 Å². The van der Waals surface area contributed by atoms with Crippen LogP contribution in [0.4, 0.5) is 0 Å². The van der Waals surface area contributed by atoms with Gasteiger partial charge in [0.25, 0.3) is 5.91 Å². The molecule has 1 amide bonds. The summed E-state index contributed by atoms with van der Waals surface area (Å²) in [4.78, 5) is 12.1. The van der Waals surface area contributed by atoms with Gasteiger partial charge in [0.15, 0.2) is 0 Å². The molecular weight excluding hydrogens is 264 g/mol. The van der Waals surface area contributed by atoms with Gasteiger partial charge in [-0.25, -0.2) is 0 Å². The van der Waals surface area contributed by atoms with Crippen LogP contribution >= 0.6 is 11.6 Å². The van der Waals surface area contributed by atoms with Crippen LogP contribution in [0.5, 0.6) is 0 Å². The molecule has 19 heavy (non-hydrogen) atoms. The summed E-state index contributed by atoms with van der Waals surface area (Å²) >= 11 is 5.99. The summed E-state index contributed by atoms with van der Waals surface area (Å²) in [6, 6.07) is 4.01. The number of halogens is 1. The molecule has 0 aliphatic heterocycles. The van der Waals surface area contributed by atoms with Gasteiger partial charge >= 0.3 is 0 Å². The van der Waals surface area contributed by atoms with Crippen molar-refractivity contribution >= 4 is 17.5 Å². The minimum Gasteiger partial charge on any atom is -0.350 e. The standard InChI is InChI=1S/C13H17ClN4O/c1-4-18-12(11(14)8-16-18)13(19)15-7-10-6-5-9(2)17(10)3/h5-6,8H,4,7H2,1-3H3,(H,15,19). The Hall–Kier alpha value is -1.75. The van der Waals surface area contributed by atoms with Crippen LogP contribution < -0.4 is 5.32 Å². The predicted molar refractivity (Wildman–Crippen MR) is 74.2 cm³/mol. The highest BCUT2D eigenvalue weighted by Crippen LogP contribution is 2.15. The lowest BCUT2D eigenvalue weighted by Gasteiger charge is -2.09. The van der Waals surface area contributed by atoms with Crippen molar-refractivity contribution in [2.75, 3.05) is 0 Å². The first-order valence-electron chi connectivity index (χ1n) is 6.15. The SMILES string of the molecule is CCn1ncc(Cl)c1C(=O)NCc1ccc(C)n1C. The molecule has 6 heteroatoms. The average Bonchev–Trinajstić information content (AvgIpc) is 2.92. The fourth-order valence-corrected chi connectivity index (χ4v) is 2.15. The van der Waals surface area contributed by atoms with Gasteiger partial charge in [0.2, 0.25) is 0 Å². The summed E-state index contributed by atoms with van der Waals surface area (Å²) in [5, 5.41) is 7.29. The van der Waals surface area contributed by atoms with E-state index >= 15 is 0 Å². The van der Waals surface area contributed by atoms with Crippen LogP contribution in [0.3, 0.4) is 0 Å². The molecule has 2 aromatic rings. The second-order valence-corrected chi connectivity index (χ2v) is 4.77. The largest absolute Gasteiger partial charge is 0.350 e. The van der Waals surface area contributed by atoms with Crippen molar-refractivity contribution in [3.05, 3.63) is 40.4 Å². The number of amides is 1. The van der Waals surface area contributed by atoms with Crippen molar-refractivity contribution in [3.63, 3.8) is 0 Å². The Morgan fingerprint density at radius 3 is 2.79 bits per heavy atom. The molecule has 0 saturated heterocycles. The topological polar surface area (TPSA) is 51.9 Å². The Balaban J connectivity index is 2.09. The smallest absolute Gasteiger partial charge is 0.271 e. The van der Waals surface area contributed by atoms with Crippen LogP contribution in [0.15, 0.2) is 18.3 Å². The van der Waals surface area contributed by atoms with Gasteiger partial charge in [-0.05, 0) is 26.0 Å². The van der Waals surface area contributed by atoms with Gasteiger partial charge in [-0.1, -0.05) is 11.6 Å². The number of carbonyl (C=O) groups is 1. The highest BCUT2D eigenvalue weighted by atomic mass is 35.5. The summed E-state index contributed by atoms with van der Waals surface area (Å²) < 4.78 is 3.63. The average molecular weight is 281 g/mol. The zero-order valence-electron chi connectivity index (χ0n) is 11.3. The van der Waals surface area contributed by atoms with E-state index in [4.69, 9.17) is 11.6 Å². The Labute approximate surface area is 117 Å². The minimum absolute atomic E-state index is 0.205. The normalized spacial score (nSPS) is 10.7. The summed E-state index contributed by atoms with van der Waals surface area (Å²) in [6.45, 7) is 5.02. The lowest BCUT2D eigenvalue weighted by atomic mass is 10.3. The molecule has 5 nitrogen and oxygen atoms in total. The lowest BCUT2D eigenvalue weighted by Crippen LogP contribution is -2.26. The van der Waals surface area contributed by atoms with Gasteiger partial charge < -0.3 is 9.88 Å². The van der Waals surface area contributed by atoms with Crippen LogP contribution in [0.25, 0.3) is 0 Å². The van der Waals surface area contributed by atoms with Crippen molar-refractivity contribution in [2.24, 2.45) is 7.05 Å². The third-order valence-corrected chi connectivity index (χ3v) is 3.49. The molecule has 0 unspecified atom stereocenters. The number of nitrogens with zero attached hydrogens (tertiary/aromatic N) is 3. The minimum atomic E-state index is -0.205. The van der Waals surface area contributed by atoms with Gasteiger partial charge in [-0.3, -0.25) is 9.48 Å². The van der Waals surface area contributed by atoms with E-state index in [1.165, 1.54) is 6.20 Å². The molecule has 2 heterocycles. The van der Waals surface area contributed by atoms with Crippen molar-refractivity contribution in [2.45, 2.75) is 26.9 Å². The van der Waals surface area contributed by atoms with E-state index in [1.807, 2.05) is 37.6 Å². The maximum Gasteiger partial charge on any atom is 0.271 e. The molecule has 2 rings (SSSR count). The highest BCUT2D eigenvalue weighted by Gasteiger charge is 2.16. The maximum absolute atomic E-state index is 12.1. The van der Waals surface area contributed by atoms with E-state index in [9.17, 15) is 4.79 Å². The van der Waals surface area contributed by atoms with Gasteiger partial charge in [0.05, 0.1) is 17.8 Å². The van der Waals surface area contributed by atoms with Crippen LogP contribution in [-0.4, -0.2) is 20.3 Å². The van der Waals surface area contributed by atoms with Crippen molar-refractivity contribution < 1.29 is 4.79 Å². The molecule has 0 aliphatic rings. The number of rotatable bonds is 4. The Morgan fingerprint density at radius 2 is 2.21 bits per heavy atom. The molecule has 0 radical (unpaired) electrons. The van der Waals surface area contributed by atoms with E-state index < -0.39 is 0 Å². The Morgan fingerprint density at radius 1 is 1.47 bits per heavy atom. The first kappa shape index (κ1) is 13.7. The molecule has 0 bridgehead atoms. The van der Waals surface area contributed by atoms with E-state index in [0.29, 0.717) is 23.8 Å². The molecule has 2 aromatic heterocycles. The Kier molecular flexibility index (Phi) is 3.95. The molecule has 1 N–H and O–H groups in total. The number of nitrogens with one attached hydrogen (secondary N) is 1. The zero-order chi connectivity index (χ0) is 14.0. The number of hydrogen-bond acceptors (Lipinski definition) is 2. The van der Waals surface area contributed by atoms with Gasteiger partial charge in [-0.15, -0.1) is 0 Å². The van der Waals surface area contributed by atoms with Crippen LogP contribution in [-0.2, 0) is 20.1 Å². The van der Waals surface area contributed by atoms with Crippen molar-refractivity contribution in [1.82, 2.24) is 19.7 Å². The van der Waals surface area contributed by atoms with Crippen LogP contribution in [0.1, 0.15) is 28.8 Å². The number of hydrogen-bond donors (Lipinski definition) is 1. The van der Waals surface area contributed by atoms with Crippen LogP contribution in [0, 0.1) is 6.92 Å². The molecule has 0 aromatic carbocycles. The molecule has 0 fully saturated rings. The summed E-state index contributed by atoms with van der Waals surface area (Å²) in [5.74, 6) is -0.205. The molecule has 0 aliphatic carbocycles. The molecular formula is C13H17ClN4O. The molecule has 0 atom stereocenters. The summed E-state index contributed by atoms with van der Waals surface area (Å²) in [7, 11) is 1.97. The van der Waals surface area contributed by atoms with E-state index in [-0.39, 0.29) is 5.91 Å². The monoisotopic (exact) mass is 280 g/mol. The molecule has 102 valence electrons. The molecule has 0 spiro atoms. The summed E-state index contributed by atoms with van der Waals surface area (Å²) in [6.07, 6.45) is 1.49. The summed E-state index contributed by atoms with van der Waals surface area (Å²) in [5.41, 5.74) is 2.61. The maximum atomic E-state index is 12.1. The number of aryl methyl sites for hydroxylation is 2. The Bertz CT molecular complexity index is 600. The highest BCUT2D eigenvalue weighted by molar-refractivity contribution is 6.33. The van der Waals surface area contributed by atoms with Crippen molar-refractivity contribution in [1.29, 1.82) is 0 Å². The van der Waals surface area contributed by atoms with Crippen LogP contribution in [0.2, 0.25) is 5.02 Å². The number of aromatic nitrogens is 3. The quantitative estimate of drug-likeness (QED) is 0.933. The predicted octanol–water partition coefficient (Wildman–Crippen LogP) is 2.13. The second kappa shape index (κ2) is 5.48. The van der Waals surface area contributed by atoms with Crippen molar-refractivity contribution in [3.8, 4) is 0 Å².